The number of hydrogen-bond donors (Lipinski definition) is 2. The Balaban J connectivity index is 1.28. The smallest absolute Gasteiger partial charge is 0.261 e. The second-order valence-electron chi connectivity index (χ2n) is 9.16. The molecule has 2 amide bonds. The van der Waals surface area contributed by atoms with Gasteiger partial charge in [0.1, 0.15) is 11.6 Å². The standard InChI is InChI=1S/C26H30N6O4/c33-23(18-36-21-9-2-1-3-10-21)32-12-5-4-11-22(32)25-27-24(28-29-25)19-7-6-8-20(17-19)26(34)30-13-15-31(35)16-14-30/h1-3,6-10,17,22,31H,4-5,11-16,18H2,(H,27,28,29)/t22-/m1/s1. The summed E-state index contributed by atoms with van der Waals surface area (Å²) >= 11 is 0. The molecule has 3 heterocycles. The van der Waals surface area contributed by atoms with Gasteiger partial charge in [0.25, 0.3) is 11.8 Å². The minimum absolute atomic E-state index is 0.0340. The van der Waals surface area contributed by atoms with Gasteiger partial charge in [-0.25, -0.2) is 4.98 Å². The molecule has 3 aromatic rings. The van der Waals surface area contributed by atoms with Crippen LogP contribution >= 0.6 is 0 Å². The van der Waals surface area contributed by atoms with Crippen molar-refractivity contribution >= 4 is 11.8 Å². The van der Waals surface area contributed by atoms with E-state index in [4.69, 9.17) is 9.72 Å². The van der Waals surface area contributed by atoms with Crippen LogP contribution in [0.25, 0.3) is 11.4 Å². The lowest BCUT2D eigenvalue weighted by Crippen LogP contribution is -3.10. The minimum Gasteiger partial charge on any atom is -0.634 e. The van der Waals surface area contributed by atoms with E-state index in [0.29, 0.717) is 55.7 Å². The number of benzene rings is 2. The van der Waals surface area contributed by atoms with Crippen LogP contribution in [0.5, 0.6) is 5.75 Å². The van der Waals surface area contributed by atoms with Gasteiger partial charge in [0.15, 0.2) is 12.4 Å². The molecule has 0 aliphatic carbocycles. The normalized spacial score (nSPS) is 18.8. The molecule has 2 aromatic carbocycles. The third-order valence-electron chi connectivity index (χ3n) is 6.72. The van der Waals surface area contributed by atoms with Crippen molar-refractivity contribution in [3.63, 3.8) is 0 Å². The lowest BCUT2D eigenvalue weighted by Gasteiger charge is -2.34. The van der Waals surface area contributed by atoms with Crippen molar-refractivity contribution in [3.05, 3.63) is 71.2 Å². The third-order valence-corrected chi connectivity index (χ3v) is 6.72. The van der Waals surface area contributed by atoms with E-state index in [1.54, 1.807) is 17.0 Å². The molecule has 1 aromatic heterocycles. The molecule has 2 fully saturated rings. The summed E-state index contributed by atoms with van der Waals surface area (Å²) in [4.78, 5) is 34.2. The number of rotatable bonds is 6. The number of carbonyl (C=O) groups is 2. The van der Waals surface area contributed by atoms with Crippen LogP contribution in [0.1, 0.15) is 41.5 Å². The Labute approximate surface area is 209 Å². The van der Waals surface area contributed by atoms with Gasteiger partial charge in [0.2, 0.25) is 0 Å². The maximum Gasteiger partial charge on any atom is 0.261 e. The fourth-order valence-electron chi connectivity index (χ4n) is 4.74. The average Bonchev–Trinajstić information content (AvgIpc) is 3.43. The molecule has 0 unspecified atom stereocenters. The van der Waals surface area contributed by atoms with Gasteiger partial charge in [-0.15, -0.1) is 0 Å². The number of H-pyrrole nitrogens is 1. The quantitative estimate of drug-likeness (QED) is 0.505. The summed E-state index contributed by atoms with van der Waals surface area (Å²) in [5.74, 6) is 1.58. The lowest BCUT2D eigenvalue weighted by atomic mass is 10.0. The summed E-state index contributed by atoms with van der Waals surface area (Å²) in [5.41, 5.74) is 1.26. The number of piperazine rings is 1. The van der Waals surface area contributed by atoms with Gasteiger partial charge >= 0.3 is 0 Å². The van der Waals surface area contributed by atoms with Crippen LogP contribution in [0, 0.1) is 5.21 Å². The number of amides is 2. The number of aromatic amines is 1. The minimum atomic E-state index is -0.206. The van der Waals surface area contributed by atoms with Crippen LogP contribution < -0.4 is 9.80 Å². The van der Waals surface area contributed by atoms with E-state index in [0.717, 1.165) is 24.8 Å². The molecule has 2 N–H and O–H groups in total. The van der Waals surface area contributed by atoms with E-state index in [9.17, 15) is 14.8 Å². The molecule has 5 rings (SSSR count). The van der Waals surface area contributed by atoms with Crippen molar-refractivity contribution in [1.82, 2.24) is 25.0 Å². The Morgan fingerprint density at radius 1 is 1.06 bits per heavy atom. The molecule has 10 nitrogen and oxygen atoms in total. The second kappa shape index (κ2) is 10.9. The molecule has 0 saturated carbocycles. The summed E-state index contributed by atoms with van der Waals surface area (Å²) in [7, 11) is 0. The monoisotopic (exact) mass is 490 g/mol. The Hall–Kier alpha value is -3.76. The maximum atomic E-state index is 13.0. The van der Waals surface area contributed by atoms with Gasteiger partial charge < -0.3 is 24.8 Å². The van der Waals surface area contributed by atoms with Crippen molar-refractivity contribution in [2.45, 2.75) is 25.3 Å². The van der Waals surface area contributed by atoms with Crippen molar-refractivity contribution in [1.29, 1.82) is 0 Å². The molecule has 2 aliphatic heterocycles. The fourth-order valence-corrected chi connectivity index (χ4v) is 4.74. The van der Waals surface area contributed by atoms with Crippen molar-refractivity contribution in [3.8, 4) is 17.1 Å². The number of carbonyl (C=O) groups excluding carboxylic acids is 2. The molecule has 0 bridgehead atoms. The molecule has 188 valence electrons. The van der Waals surface area contributed by atoms with E-state index in [-0.39, 0.29) is 29.5 Å². The summed E-state index contributed by atoms with van der Waals surface area (Å²) in [6.45, 7) is 2.32. The van der Waals surface area contributed by atoms with E-state index >= 15 is 0 Å². The molecular weight excluding hydrogens is 460 g/mol. The second-order valence-corrected chi connectivity index (χ2v) is 9.16. The highest BCUT2D eigenvalue weighted by molar-refractivity contribution is 5.95. The Morgan fingerprint density at radius 2 is 1.86 bits per heavy atom. The molecular formula is C26H30N6O4. The topological polar surface area (TPSA) is 119 Å². The Morgan fingerprint density at radius 3 is 2.67 bits per heavy atom. The van der Waals surface area contributed by atoms with Gasteiger partial charge in [-0.2, -0.15) is 5.10 Å². The van der Waals surface area contributed by atoms with E-state index in [1.165, 1.54) is 0 Å². The number of nitrogens with one attached hydrogen (secondary N) is 2. The van der Waals surface area contributed by atoms with Crippen LogP contribution in [-0.4, -0.2) is 76.1 Å². The zero-order valence-corrected chi connectivity index (χ0v) is 20.1. The predicted molar refractivity (Wildman–Crippen MR) is 132 cm³/mol. The first-order chi connectivity index (χ1) is 17.6. The number of likely N-dealkylation sites (tertiary alicyclic amines) is 1. The Kier molecular flexibility index (Phi) is 7.24. The van der Waals surface area contributed by atoms with Crippen molar-refractivity contribution in [2.24, 2.45) is 0 Å². The van der Waals surface area contributed by atoms with Crippen LogP contribution in [0.15, 0.2) is 54.6 Å². The van der Waals surface area contributed by atoms with Gasteiger partial charge in [-0.3, -0.25) is 14.7 Å². The molecule has 0 radical (unpaired) electrons. The SMILES string of the molecule is O=C(c1cccc(-c2n[nH]c([C@H]3CCCCN3C(=O)COc3ccccc3)n2)c1)N1CC[NH+]([O-])CC1. The van der Waals surface area contributed by atoms with Crippen molar-refractivity contribution in [2.75, 3.05) is 39.3 Å². The average molecular weight is 491 g/mol. The molecule has 2 aliphatic rings. The molecule has 2 saturated heterocycles. The fraction of sp³-hybridized carbons (Fsp3) is 0.385. The number of ether oxygens (including phenoxy) is 1. The number of quaternary nitrogens is 1. The van der Waals surface area contributed by atoms with Crippen LogP contribution in [-0.2, 0) is 4.79 Å². The van der Waals surface area contributed by atoms with Gasteiger partial charge in [0.05, 0.1) is 32.2 Å². The van der Waals surface area contributed by atoms with Crippen molar-refractivity contribution < 1.29 is 19.4 Å². The zero-order valence-electron chi connectivity index (χ0n) is 20.1. The summed E-state index contributed by atoms with van der Waals surface area (Å²) in [6.07, 6.45) is 2.71. The zero-order chi connectivity index (χ0) is 24.9. The summed E-state index contributed by atoms with van der Waals surface area (Å²) in [5, 5.41) is 19.1. The first-order valence-corrected chi connectivity index (χ1v) is 12.4. The Bertz CT molecular complexity index is 1190. The molecule has 10 heteroatoms. The predicted octanol–water partition coefficient (Wildman–Crippen LogP) is 1.44. The highest BCUT2D eigenvalue weighted by Crippen LogP contribution is 2.30. The first kappa shape index (κ1) is 24.0. The number of hydrogen-bond acceptors (Lipinski definition) is 6. The number of para-hydroxylation sites is 1. The van der Waals surface area contributed by atoms with Crippen LogP contribution in [0.2, 0.25) is 0 Å². The number of aromatic nitrogens is 3. The molecule has 0 spiro atoms. The molecule has 36 heavy (non-hydrogen) atoms. The lowest BCUT2D eigenvalue weighted by molar-refractivity contribution is -0.852. The van der Waals surface area contributed by atoms with Crippen LogP contribution in [0.4, 0.5) is 0 Å². The summed E-state index contributed by atoms with van der Waals surface area (Å²) < 4.78 is 5.68. The largest absolute Gasteiger partial charge is 0.634 e. The van der Waals surface area contributed by atoms with E-state index < -0.39 is 0 Å². The third kappa shape index (κ3) is 5.39. The number of piperidine rings is 1. The highest BCUT2D eigenvalue weighted by atomic mass is 16.5. The van der Waals surface area contributed by atoms with Crippen LogP contribution in [0.3, 0.4) is 0 Å². The number of nitrogens with zero attached hydrogens (tertiary/aromatic N) is 4. The highest BCUT2D eigenvalue weighted by Gasteiger charge is 2.31. The maximum absolute atomic E-state index is 13.0. The molecule has 1 atom stereocenters. The van der Waals surface area contributed by atoms with E-state index in [2.05, 4.69) is 10.2 Å². The van der Waals surface area contributed by atoms with Gasteiger partial charge in [-0.05, 0) is 43.5 Å². The van der Waals surface area contributed by atoms with Gasteiger partial charge in [-0.1, -0.05) is 30.3 Å². The number of hydroxylamine groups is 2. The summed E-state index contributed by atoms with van der Waals surface area (Å²) in [6, 6.07) is 16.3. The van der Waals surface area contributed by atoms with E-state index in [1.807, 2.05) is 47.4 Å². The first-order valence-electron chi connectivity index (χ1n) is 12.4. The van der Waals surface area contributed by atoms with Gasteiger partial charge in [0, 0.05) is 17.7 Å².